The van der Waals surface area contributed by atoms with Gasteiger partial charge in [-0.2, -0.15) is 4.98 Å². The van der Waals surface area contributed by atoms with Crippen LogP contribution in [0.2, 0.25) is 0 Å². The van der Waals surface area contributed by atoms with Crippen LogP contribution in [0.4, 0.5) is 5.95 Å². The minimum atomic E-state index is -0.444. The number of halogens is 1. The molecule has 1 heterocycles. The van der Waals surface area contributed by atoms with Crippen molar-refractivity contribution in [2.24, 2.45) is 0 Å². The Morgan fingerprint density at radius 2 is 2.10 bits per heavy atom. The van der Waals surface area contributed by atoms with E-state index in [0.717, 1.165) is 22.9 Å². The molecule has 1 aromatic carbocycles. The summed E-state index contributed by atoms with van der Waals surface area (Å²) in [5.74, 6) is 0.230. The van der Waals surface area contributed by atoms with Gasteiger partial charge in [-0.25, -0.2) is 5.10 Å². The van der Waals surface area contributed by atoms with E-state index in [-0.39, 0.29) is 11.9 Å². The maximum Gasteiger partial charge on any atom is 0.336 e. The average Bonchev–Trinajstić information content (AvgIpc) is 3.14. The second-order valence-corrected chi connectivity index (χ2v) is 5.63. The highest BCUT2D eigenvalue weighted by Crippen LogP contribution is 2.49. The van der Waals surface area contributed by atoms with Crippen LogP contribution in [0.5, 0.6) is 6.01 Å². The second kappa shape index (κ2) is 4.90. The summed E-state index contributed by atoms with van der Waals surface area (Å²) in [5, 5.41) is 9.17. The fourth-order valence-corrected chi connectivity index (χ4v) is 2.43. The van der Waals surface area contributed by atoms with E-state index in [1.54, 1.807) is 0 Å². The van der Waals surface area contributed by atoms with E-state index in [0.29, 0.717) is 5.95 Å². The first-order chi connectivity index (χ1) is 9.64. The third kappa shape index (κ3) is 2.29. The number of amides is 1. The zero-order valence-corrected chi connectivity index (χ0v) is 12.4. The van der Waals surface area contributed by atoms with Crippen molar-refractivity contribution in [2.45, 2.75) is 18.3 Å². The summed E-state index contributed by atoms with van der Waals surface area (Å²) >= 11 is 3.40. The lowest BCUT2D eigenvalue weighted by atomic mass is 9.95. The molecule has 0 radical (unpaired) electrons. The van der Waals surface area contributed by atoms with E-state index in [1.807, 2.05) is 24.3 Å². The summed E-state index contributed by atoms with van der Waals surface area (Å²) in [7, 11) is 1.47. The van der Waals surface area contributed by atoms with Crippen LogP contribution in [0.15, 0.2) is 28.7 Å². The van der Waals surface area contributed by atoms with Crippen molar-refractivity contribution in [1.82, 2.24) is 15.2 Å². The van der Waals surface area contributed by atoms with Crippen LogP contribution in [-0.4, -0.2) is 28.2 Å². The van der Waals surface area contributed by atoms with Gasteiger partial charge in [-0.3, -0.25) is 10.1 Å². The molecule has 104 valence electrons. The summed E-state index contributed by atoms with van der Waals surface area (Å²) in [6.45, 7) is 0. The normalized spacial score (nSPS) is 15.7. The van der Waals surface area contributed by atoms with Gasteiger partial charge in [0.15, 0.2) is 0 Å². The molecule has 1 aliphatic carbocycles. The largest absolute Gasteiger partial charge is 0.466 e. The predicted molar refractivity (Wildman–Crippen MR) is 76.6 cm³/mol. The van der Waals surface area contributed by atoms with Crippen LogP contribution in [0.3, 0.4) is 0 Å². The Morgan fingerprint density at radius 1 is 1.40 bits per heavy atom. The fraction of sp³-hybridized carbons (Fsp3) is 0.308. The number of nitrogens with one attached hydrogen (secondary N) is 2. The number of rotatable bonds is 4. The first kappa shape index (κ1) is 13.1. The van der Waals surface area contributed by atoms with Crippen molar-refractivity contribution in [2.75, 3.05) is 12.4 Å². The first-order valence-electron chi connectivity index (χ1n) is 6.18. The fourth-order valence-electron chi connectivity index (χ4n) is 2.16. The van der Waals surface area contributed by atoms with Crippen LogP contribution in [0.25, 0.3) is 0 Å². The molecule has 7 heteroatoms. The van der Waals surface area contributed by atoms with Crippen molar-refractivity contribution in [1.29, 1.82) is 0 Å². The smallest absolute Gasteiger partial charge is 0.336 e. The number of hydrogen-bond acceptors (Lipinski definition) is 4. The second-order valence-electron chi connectivity index (χ2n) is 4.71. The molecule has 20 heavy (non-hydrogen) atoms. The molecule has 1 aromatic heterocycles. The minimum absolute atomic E-state index is 0.0707. The number of benzene rings is 1. The molecule has 2 aromatic rings. The molecule has 6 nitrogen and oxygen atoms in total. The Bertz CT molecular complexity index is 634. The monoisotopic (exact) mass is 336 g/mol. The lowest BCUT2D eigenvalue weighted by molar-refractivity contribution is -0.118. The van der Waals surface area contributed by atoms with Crippen molar-refractivity contribution in [3.63, 3.8) is 0 Å². The van der Waals surface area contributed by atoms with Crippen molar-refractivity contribution in [3.05, 3.63) is 34.3 Å². The molecule has 0 aliphatic heterocycles. The molecular weight excluding hydrogens is 324 g/mol. The third-order valence-electron chi connectivity index (χ3n) is 3.46. The molecule has 0 spiro atoms. The zero-order chi connectivity index (χ0) is 14.2. The summed E-state index contributed by atoms with van der Waals surface area (Å²) in [4.78, 5) is 16.4. The molecule has 1 saturated carbocycles. The number of ether oxygens (including phenoxy) is 1. The van der Waals surface area contributed by atoms with Gasteiger partial charge >= 0.3 is 6.01 Å². The number of nitrogens with zero attached hydrogens (tertiary/aromatic N) is 2. The summed E-state index contributed by atoms with van der Waals surface area (Å²) in [6, 6.07) is 8.03. The molecular formula is C13H13BrN4O2. The van der Waals surface area contributed by atoms with E-state index in [4.69, 9.17) is 4.74 Å². The molecule has 0 bridgehead atoms. The molecule has 2 N–H and O–H groups in total. The lowest BCUT2D eigenvalue weighted by Crippen LogP contribution is -2.28. The number of anilines is 1. The van der Waals surface area contributed by atoms with Gasteiger partial charge < -0.3 is 4.74 Å². The van der Waals surface area contributed by atoms with Gasteiger partial charge in [-0.15, -0.1) is 5.10 Å². The first-order valence-corrected chi connectivity index (χ1v) is 6.97. The molecule has 1 amide bonds. The van der Waals surface area contributed by atoms with E-state index < -0.39 is 5.41 Å². The molecule has 0 unspecified atom stereocenters. The molecule has 1 aliphatic rings. The van der Waals surface area contributed by atoms with E-state index >= 15 is 0 Å². The number of aromatic nitrogens is 3. The number of hydrogen-bond donors (Lipinski definition) is 2. The lowest BCUT2D eigenvalue weighted by Gasteiger charge is -2.14. The highest BCUT2D eigenvalue weighted by molar-refractivity contribution is 9.10. The highest BCUT2D eigenvalue weighted by Gasteiger charge is 2.51. The number of aromatic amines is 1. The minimum Gasteiger partial charge on any atom is -0.466 e. The number of H-pyrrole nitrogens is 1. The summed E-state index contributed by atoms with van der Waals surface area (Å²) in [5.41, 5.74) is 0.574. The molecule has 3 rings (SSSR count). The average molecular weight is 337 g/mol. The van der Waals surface area contributed by atoms with Gasteiger partial charge in [0, 0.05) is 4.47 Å². The van der Waals surface area contributed by atoms with Gasteiger partial charge in [-0.05, 0) is 30.5 Å². The SMILES string of the molecule is COc1n[nH]c(NC(=O)C2(c3ccc(Br)cc3)CC2)n1. The van der Waals surface area contributed by atoms with Gasteiger partial charge in [-0.1, -0.05) is 28.1 Å². The molecule has 0 atom stereocenters. The van der Waals surface area contributed by atoms with Gasteiger partial charge in [0.05, 0.1) is 12.5 Å². The Balaban J connectivity index is 1.77. The topological polar surface area (TPSA) is 79.9 Å². The Kier molecular flexibility index (Phi) is 3.21. The summed E-state index contributed by atoms with van der Waals surface area (Å²) < 4.78 is 5.86. The number of carbonyl (C=O) groups is 1. The van der Waals surface area contributed by atoms with Crippen LogP contribution in [-0.2, 0) is 10.2 Å². The molecule has 1 fully saturated rings. The molecule has 0 saturated heterocycles. The quantitative estimate of drug-likeness (QED) is 0.897. The Labute approximate surface area is 124 Å². The predicted octanol–water partition coefficient (Wildman–Crippen LogP) is 2.25. The maximum absolute atomic E-state index is 12.4. The van der Waals surface area contributed by atoms with Crippen molar-refractivity contribution >= 4 is 27.8 Å². The van der Waals surface area contributed by atoms with E-state index in [1.165, 1.54) is 7.11 Å². The Hall–Kier alpha value is -1.89. The van der Waals surface area contributed by atoms with Crippen molar-refractivity contribution in [3.8, 4) is 6.01 Å². The Morgan fingerprint density at radius 3 is 2.65 bits per heavy atom. The van der Waals surface area contributed by atoms with Crippen LogP contribution in [0.1, 0.15) is 18.4 Å². The van der Waals surface area contributed by atoms with Crippen LogP contribution < -0.4 is 10.1 Å². The van der Waals surface area contributed by atoms with Crippen LogP contribution >= 0.6 is 15.9 Å². The van der Waals surface area contributed by atoms with Gasteiger partial charge in [0.1, 0.15) is 0 Å². The summed E-state index contributed by atoms with van der Waals surface area (Å²) in [6.07, 6.45) is 1.68. The third-order valence-corrected chi connectivity index (χ3v) is 3.99. The number of methoxy groups -OCH3 is 1. The van der Waals surface area contributed by atoms with E-state index in [2.05, 4.69) is 36.4 Å². The number of carbonyl (C=O) groups excluding carboxylic acids is 1. The van der Waals surface area contributed by atoms with Crippen molar-refractivity contribution < 1.29 is 9.53 Å². The zero-order valence-electron chi connectivity index (χ0n) is 10.8. The highest BCUT2D eigenvalue weighted by atomic mass is 79.9. The van der Waals surface area contributed by atoms with Crippen LogP contribution in [0, 0.1) is 0 Å². The van der Waals surface area contributed by atoms with Gasteiger partial charge in [0.25, 0.3) is 0 Å². The maximum atomic E-state index is 12.4. The van der Waals surface area contributed by atoms with Gasteiger partial charge in [0.2, 0.25) is 11.9 Å². The standard InChI is InChI=1S/C13H13BrN4O2/c1-20-12-16-11(17-18-12)15-10(19)13(6-7-13)8-2-4-9(14)5-3-8/h2-5H,6-7H2,1H3,(H2,15,16,17,18,19). The van der Waals surface area contributed by atoms with E-state index in [9.17, 15) is 4.79 Å².